The molecule has 0 bridgehead atoms. The van der Waals surface area contributed by atoms with Crippen LogP contribution in [0, 0.1) is 0 Å². The zero-order valence-electron chi connectivity index (χ0n) is 13.6. The molecule has 2 heterocycles. The van der Waals surface area contributed by atoms with Gasteiger partial charge in [0.15, 0.2) is 0 Å². The molecule has 1 amide bonds. The maximum absolute atomic E-state index is 12.2. The van der Waals surface area contributed by atoms with E-state index in [1.165, 1.54) is 16.9 Å². The Bertz CT molecular complexity index is 497. The van der Waals surface area contributed by atoms with Crippen LogP contribution < -0.4 is 5.32 Å². The number of carbonyl (C=O) groups is 1. The summed E-state index contributed by atoms with van der Waals surface area (Å²) in [4.78, 5) is 16.9. The lowest BCUT2D eigenvalue weighted by Gasteiger charge is -2.35. The fourth-order valence-corrected chi connectivity index (χ4v) is 4.67. The van der Waals surface area contributed by atoms with E-state index in [0.717, 1.165) is 50.3 Å². The van der Waals surface area contributed by atoms with Crippen molar-refractivity contribution in [2.45, 2.75) is 51.7 Å². The molecule has 3 rings (SSSR count). The summed E-state index contributed by atoms with van der Waals surface area (Å²) in [5, 5.41) is 3.06. The van der Waals surface area contributed by atoms with Crippen LogP contribution >= 0.6 is 11.3 Å². The highest BCUT2D eigenvalue weighted by atomic mass is 32.1. The monoisotopic (exact) mass is 322 g/mol. The lowest BCUT2D eigenvalue weighted by Crippen LogP contribution is -2.46. The number of thiophene rings is 1. The quantitative estimate of drug-likeness (QED) is 0.847. The Hall–Kier alpha value is -0.910. The van der Waals surface area contributed by atoms with Gasteiger partial charge in [0.25, 0.3) is 5.91 Å². The topological polar surface area (TPSA) is 41.6 Å². The molecule has 1 N–H and O–H groups in total. The summed E-state index contributed by atoms with van der Waals surface area (Å²) in [5.41, 5.74) is 1.39. The molecule has 22 heavy (non-hydrogen) atoms. The van der Waals surface area contributed by atoms with E-state index in [9.17, 15) is 4.79 Å². The third-order valence-corrected chi connectivity index (χ3v) is 5.64. The van der Waals surface area contributed by atoms with E-state index in [4.69, 9.17) is 4.74 Å². The molecule has 2 atom stereocenters. The van der Waals surface area contributed by atoms with Crippen LogP contribution in [0.15, 0.2) is 6.07 Å². The smallest absolute Gasteiger partial charge is 0.261 e. The highest BCUT2D eigenvalue weighted by Gasteiger charge is 2.22. The number of fused-ring (bicyclic) bond motifs is 1. The van der Waals surface area contributed by atoms with Crippen LogP contribution in [-0.2, 0) is 17.6 Å². The molecule has 0 unspecified atom stereocenters. The first kappa shape index (κ1) is 16.0. The van der Waals surface area contributed by atoms with Gasteiger partial charge in [-0.3, -0.25) is 9.69 Å². The van der Waals surface area contributed by atoms with E-state index in [-0.39, 0.29) is 5.91 Å². The van der Waals surface area contributed by atoms with Gasteiger partial charge >= 0.3 is 0 Å². The first-order valence-electron chi connectivity index (χ1n) is 8.39. The number of aryl methyl sites for hydroxylation is 2. The molecule has 0 saturated carbocycles. The summed E-state index contributed by atoms with van der Waals surface area (Å²) in [6, 6.07) is 2.09. The summed E-state index contributed by atoms with van der Waals surface area (Å²) >= 11 is 1.68. The summed E-state index contributed by atoms with van der Waals surface area (Å²) in [7, 11) is 0. The minimum absolute atomic E-state index is 0.100. The minimum Gasteiger partial charge on any atom is -0.373 e. The van der Waals surface area contributed by atoms with Gasteiger partial charge in [0.2, 0.25) is 0 Å². The Balaban J connectivity index is 1.38. The van der Waals surface area contributed by atoms with Crippen LogP contribution in [0.25, 0.3) is 0 Å². The SMILES string of the molecule is C[C@@H]1CN(CCCNC(=O)c2cc3c(s2)CCC3)C[C@H](C)O1. The molecule has 0 radical (unpaired) electrons. The summed E-state index contributed by atoms with van der Waals surface area (Å²) < 4.78 is 5.74. The number of morpholine rings is 1. The van der Waals surface area contributed by atoms with Crippen molar-refractivity contribution in [1.29, 1.82) is 0 Å². The molecule has 0 spiro atoms. The predicted octanol–water partition coefficient (Wildman–Crippen LogP) is 2.47. The van der Waals surface area contributed by atoms with Crippen molar-refractivity contribution in [2.75, 3.05) is 26.2 Å². The summed E-state index contributed by atoms with van der Waals surface area (Å²) in [6.07, 6.45) is 5.17. The average Bonchev–Trinajstić information content (AvgIpc) is 3.03. The predicted molar refractivity (Wildman–Crippen MR) is 89.7 cm³/mol. The third kappa shape index (κ3) is 3.89. The highest BCUT2D eigenvalue weighted by Crippen LogP contribution is 2.30. The molecule has 4 nitrogen and oxygen atoms in total. The number of hydrogen-bond acceptors (Lipinski definition) is 4. The van der Waals surface area contributed by atoms with Crippen molar-refractivity contribution < 1.29 is 9.53 Å². The van der Waals surface area contributed by atoms with Crippen molar-refractivity contribution >= 4 is 17.2 Å². The summed E-state index contributed by atoms with van der Waals surface area (Å²) in [6.45, 7) is 8.02. The number of hydrogen-bond donors (Lipinski definition) is 1. The van der Waals surface area contributed by atoms with Crippen molar-refractivity contribution in [2.24, 2.45) is 0 Å². The van der Waals surface area contributed by atoms with E-state index >= 15 is 0 Å². The fraction of sp³-hybridized carbons (Fsp3) is 0.706. The van der Waals surface area contributed by atoms with Gasteiger partial charge in [-0.2, -0.15) is 0 Å². The van der Waals surface area contributed by atoms with Crippen LogP contribution in [0.1, 0.15) is 46.8 Å². The molecule has 1 aromatic rings. The zero-order valence-corrected chi connectivity index (χ0v) is 14.4. The number of amides is 1. The van der Waals surface area contributed by atoms with Crippen LogP contribution in [0.3, 0.4) is 0 Å². The third-order valence-electron chi connectivity index (χ3n) is 4.40. The van der Waals surface area contributed by atoms with Crippen molar-refractivity contribution in [3.8, 4) is 0 Å². The lowest BCUT2D eigenvalue weighted by atomic mass is 10.2. The van der Waals surface area contributed by atoms with Crippen LogP contribution in [0.5, 0.6) is 0 Å². The van der Waals surface area contributed by atoms with Gasteiger partial charge in [-0.05, 0) is 51.2 Å². The maximum Gasteiger partial charge on any atom is 0.261 e. The first-order valence-corrected chi connectivity index (χ1v) is 9.21. The summed E-state index contributed by atoms with van der Waals surface area (Å²) in [5.74, 6) is 0.100. The molecule has 5 heteroatoms. The second-order valence-corrected chi connectivity index (χ2v) is 7.68. The number of rotatable bonds is 5. The molecular formula is C17H26N2O2S. The van der Waals surface area contributed by atoms with E-state index in [1.54, 1.807) is 11.3 Å². The highest BCUT2D eigenvalue weighted by molar-refractivity contribution is 7.14. The maximum atomic E-state index is 12.2. The van der Waals surface area contributed by atoms with Gasteiger partial charge in [0.1, 0.15) is 0 Å². The minimum atomic E-state index is 0.100. The van der Waals surface area contributed by atoms with Gasteiger partial charge in [-0.15, -0.1) is 11.3 Å². The Morgan fingerprint density at radius 2 is 2.14 bits per heavy atom. The molecule has 2 aliphatic rings. The molecule has 1 aliphatic carbocycles. The molecule has 1 fully saturated rings. The van der Waals surface area contributed by atoms with Crippen molar-refractivity contribution in [3.63, 3.8) is 0 Å². The van der Waals surface area contributed by atoms with Crippen LogP contribution in [0.2, 0.25) is 0 Å². The standard InChI is InChI=1S/C17H26N2O2S/c1-12-10-19(11-13(2)21-12)8-4-7-18-17(20)16-9-14-5-3-6-15(14)22-16/h9,12-13H,3-8,10-11H2,1-2H3,(H,18,20)/t12-,13+. The van der Waals surface area contributed by atoms with E-state index in [0.29, 0.717) is 12.2 Å². The largest absolute Gasteiger partial charge is 0.373 e. The Morgan fingerprint density at radius 1 is 1.36 bits per heavy atom. The van der Waals surface area contributed by atoms with Gasteiger partial charge in [0.05, 0.1) is 17.1 Å². The fourth-order valence-electron chi connectivity index (χ4n) is 3.50. The van der Waals surface area contributed by atoms with Crippen molar-refractivity contribution in [3.05, 3.63) is 21.4 Å². The second kappa shape index (κ2) is 7.11. The van der Waals surface area contributed by atoms with Gasteiger partial charge in [0, 0.05) is 31.1 Å². The Morgan fingerprint density at radius 3 is 2.86 bits per heavy atom. The number of ether oxygens (including phenoxy) is 1. The second-order valence-electron chi connectivity index (χ2n) is 6.54. The van der Waals surface area contributed by atoms with Crippen LogP contribution in [-0.4, -0.2) is 49.2 Å². The van der Waals surface area contributed by atoms with Gasteiger partial charge < -0.3 is 10.1 Å². The first-order chi connectivity index (χ1) is 10.6. The normalized spacial score (nSPS) is 25.2. The average molecular weight is 322 g/mol. The molecular weight excluding hydrogens is 296 g/mol. The number of nitrogens with one attached hydrogen (secondary N) is 1. The van der Waals surface area contributed by atoms with E-state index in [2.05, 4.69) is 30.1 Å². The number of carbonyl (C=O) groups excluding carboxylic acids is 1. The molecule has 122 valence electrons. The van der Waals surface area contributed by atoms with Crippen molar-refractivity contribution in [1.82, 2.24) is 10.2 Å². The van der Waals surface area contributed by atoms with Gasteiger partial charge in [-0.25, -0.2) is 0 Å². The Kier molecular flexibility index (Phi) is 5.16. The van der Waals surface area contributed by atoms with E-state index in [1.807, 2.05) is 0 Å². The van der Waals surface area contributed by atoms with Crippen LogP contribution in [0.4, 0.5) is 0 Å². The number of nitrogens with zero attached hydrogens (tertiary/aromatic N) is 1. The molecule has 1 aliphatic heterocycles. The molecule has 0 aromatic carbocycles. The zero-order chi connectivity index (χ0) is 15.5. The molecule has 1 saturated heterocycles. The lowest BCUT2D eigenvalue weighted by molar-refractivity contribution is -0.0679. The van der Waals surface area contributed by atoms with Gasteiger partial charge in [-0.1, -0.05) is 0 Å². The van der Waals surface area contributed by atoms with E-state index < -0.39 is 0 Å². The molecule has 1 aromatic heterocycles. The Labute approximate surface area is 136 Å².